The fourth-order valence-electron chi connectivity index (χ4n) is 4.67. The van der Waals surface area contributed by atoms with Gasteiger partial charge in [-0.15, -0.1) is 0 Å². The molecule has 1 aliphatic rings. The second-order valence-corrected chi connectivity index (χ2v) is 11.5. The average Bonchev–Trinajstić information content (AvgIpc) is 3.29. The lowest BCUT2D eigenvalue weighted by Crippen LogP contribution is -2.34. The molecule has 0 aliphatic heterocycles. The van der Waals surface area contributed by atoms with E-state index in [0.29, 0.717) is 47.1 Å². The Hall–Kier alpha value is -3.70. The third-order valence-electron chi connectivity index (χ3n) is 6.89. The van der Waals surface area contributed by atoms with Crippen LogP contribution < -0.4 is 14.8 Å². The van der Waals surface area contributed by atoms with Gasteiger partial charge in [-0.3, -0.25) is 14.4 Å². The van der Waals surface area contributed by atoms with Crippen molar-refractivity contribution in [2.24, 2.45) is 5.92 Å². The van der Waals surface area contributed by atoms with Crippen molar-refractivity contribution in [2.75, 3.05) is 30.0 Å². The molecule has 3 aromatic rings. The van der Waals surface area contributed by atoms with Crippen molar-refractivity contribution in [1.82, 2.24) is 0 Å². The molecule has 1 fully saturated rings. The fraction of sp³-hybridized carbons (Fsp3) is 0.364. The van der Waals surface area contributed by atoms with Crippen LogP contribution in [0.25, 0.3) is 0 Å². The molecule has 4 atom stereocenters. The maximum absolute atomic E-state index is 12.5. The summed E-state index contributed by atoms with van der Waals surface area (Å²) in [5.41, 5.74) is 1.15. The predicted molar refractivity (Wildman–Crippen MR) is 164 cm³/mol. The number of hydrogen-bond donors (Lipinski definition) is 3. The lowest BCUT2D eigenvalue weighted by atomic mass is 10.0. The van der Waals surface area contributed by atoms with Crippen molar-refractivity contribution < 1.29 is 38.8 Å². The Kier molecular flexibility index (Phi) is 12.6. The first-order chi connectivity index (χ1) is 20.9. The van der Waals surface area contributed by atoms with E-state index >= 15 is 0 Å². The summed E-state index contributed by atoms with van der Waals surface area (Å²) in [5, 5.41) is 23.4. The summed E-state index contributed by atoms with van der Waals surface area (Å²) in [6.07, 6.45) is -1.00. The summed E-state index contributed by atoms with van der Waals surface area (Å²) in [6, 6.07) is 24.6. The molecule has 0 bridgehead atoms. The highest BCUT2D eigenvalue weighted by atomic mass is 32.2. The zero-order valence-corrected chi connectivity index (χ0v) is 24.6. The summed E-state index contributed by atoms with van der Waals surface area (Å²) >= 11 is 1.62. The lowest BCUT2D eigenvalue weighted by molar-refractivity contribution is -0.134. The molecular weight excluding hydrogens is 570 g/mol. The first-order valence-corrected chi connectivity index (χ1v) is 15.5. The minimum Gasteiger partial charge on any atom is -0.491 e. The molecular formula is C33H37NO8S. The molecule has 228 valence electrons. The summed E-state index contributed by atoms with van der Waals surface area (Å²) in [6.45, 7) is 0.000650. The molecule has 1 amide bonds. The van der Waals surface area contributed by atoms with E-state index in [2.05, 4.69) is 5.32 Å². The molecule has 0 radical (unpaired) electrons. The topological polar surface area (TPSA) is 131 Å². The monoisotopic (exact) mass is 607 g/mol. The van der Waals surface area contributed by atoms with Gasteiger partial charge in [-0.25, -0.2) is 0 Å². The third kappa shape index (κ3) is 10.5. The van der Waals surface area contributed by atoms with E-state index in [1.165, 1.54) is 0 Å². The number of esters is 1. The van der Waals surface area contributed by atoms with Crippen LogP contribution in [0.1, 0.15) is 36.0 Å². The number of aliphatic hydroxyl groups excluding tert-OH is 2. The largest absolute Gasteiger partial charge is 0.491 e. The van der Waals surface area contributed by atoms with Gasteiger partial charge in [0.2, 0.25) is 0 Å². The van der Waals surface area contributed by atoms with Crippen molar-refractivity contribution in [3.8, 4) is 11.5 Å². The van der Waals surface area contributed by atoms with Crippen LogP contribution in [-0.4, -0.2) is 70.9 Å². The van der Waals surface area contributed by atoms with E-state index in [-0.39, 0.29) is 43.7 Å². The molecule has 9 nitrogen and oxygen atoms in total. The number of thioether (sulfide) groups is 1. The number of Topliss-reactive ketones (excluding diaryl/α,β-unsaturated/α-hetero) is 1. The fourth-order valence-corrected chi connectivity index (χ4v) is 5.64. The molecule has 1 unspecified atom stereocenters. The molecule has 1 saturated carbocycles. The van der Waals surface area contributed by atoms with E-state index in [1.807, 2.05) is 24.3 Å². The highest BCUT2D eigenvalue weighted by molar-refractivity contribution is 7.99. The Morgan fingerprint density at radius 3 is 2.33 bits per heavy atom. The van der Waals surface area contributed by atoms with Crippen LogP contribution in [0.2, 0.25) is 0 Å². The minimum atomic E-state index is -0.895. The van der Waals surface area contributed by atoms with Crippen LogP contribution in [0.4, 0.5) is 5.69 Å². The standard InChI is InChI=1S/C33H37NO8S/c35-25(21-40-26-10-5-2-6-11-26)22-41-32-28(29(36)20-30(32)37)17-19-43-18-7-12-31(38)42-27-15-13-24(14-16-27)34-33(39)23-8-3-1-4-9-23/h1-6,8-11,13-16,25,28,30,32,35,37H,7,12,17-22H2,(H,34,39)/t25?,28-,30+,32+/m0/s1. The smallest absolute Gasteiger partial charge is 0.311 e. The Labute approximate surface area is 255 Å². The van der Waals surface area contributed by atoms with Gasteiger partial charge >= 0.3 is 5.97 Å². The average molecular weight is 608 g/mol. The molecule has 4 rings (SSSR count). The highest BCUT2D eigenvalue weighted by Gasteiger charge is 2.42. The second kappa shape index (κ2) is 16.8. The number of anilines is 1. The van der Waals surface area contributed by atoms with Crippen molar-refractivity contribution in [3.05, 3.63) is 90.5 Å². The van der Waals surface area contributed by atoms with E-state index in [4.69, 9.17) is 14.2 Å². The number of carbonyl (C=O) groups is 3. The second-order valence-electron chi connectivity index (χ2n) is 10.2. The van der Waals surface area contributed by atoms with Crippen LogP contribution >= 0.6 is 11.8 Å². The molecule has 0 spiro atoms. The Bertz CT molecular complexity index is 1310. The van der Waals surface area contributed by atoms with Crippen LogP contribution in [0.15, 0.2) is 84.9 Å². The number of ketones is 1. The van der Waals surface area contributed by atoms with Crippen molar-refractivity contribution in [1.29, 1.82) is 0 Å². The van der Waals surface area contributed by atoms with Gasteiger partial charge in [0.15, 0.2) is 0 Å². The maximum atomic E-state index is 12.5. The number of ether oxygens (including phenoxy) is 3. The van der Waals surface area contributed by atoms with E-state index in [9.17, 15) is 24.6 Å². The van der Waals surface area contributed by atoms with Crippen molar-refractivity contribution in [2.45, 2.75) is 44.0 Å². The maximum Gasteiger partial charge on any atom is 0.311 e. The molecule has 43 heavy (non-hydrogen) atoms. The molecule has 3 aromatic carbocycles. The molecule has 0 heterocycles. The summed E-state index contributed by atoms with van der Waals surface area (Å²) in [7, 11) is 0. The molecule has 0 aromatic heterocycles. The van der Waals surface area contributed by atoms with E-state index < -0.39 is 24.2 Å². The number of para-hydroxylation sites is 1. The van der Waals surface area contributed by atoms with Gasteiger partial charge in [0.1, 0.15) is 30.0 Å². The molecule has 3 N–H and O–H groups in total. The van der Waals surface area contributed by atoms with Gasteiger partial charge in [-0.1, -0.05) is 36.4 Å². The third-order valence-corrected chi connectivity index (χ3v) is 7.99. The van der Waals surface area contributed by atoms with Crippen LogP contribution in [0.5, 0.6) is 11.5 Å². The lowest BCUT2D eigenvalue weighted by Gasteiger charge is -2.23. The summed E-state index contributed by atoms with van der Waals surface area (Å²) < 4.78 is 16.7. The number of hydrogen-bond acceptors (Lipinski definition) is 9. The number of aliphatic hydroxyl groups is 2. The predicted octanol–water partition coefficient (Wildman–Crippen LogP) is 4.52. The Balaban J connectivity index is 1.09. The van der Waals surface area contributed by atoms with E-state index in [1.54, 1.807) is 72.4 Å². The SMILES string of the molecule is O=C(CCCSCC[C@H]1C(=O)C[C@@H](O)[C@@H]1OCC(O)COc1ccccc1)Oc1ccc(NC(=O)c2ccccc2)cc1. The number of nitrogens with one attached hydrogen (secondary N) is 1. The molecule has 1 aliphatic carbocycles. The zero-order valence-electron chi connectivity index (χ0n) is 23.8. The van der Waals surface area contributed by atoms with Crippen LogP contribution in [0, 0.1) is 5.92 Å². The summed E-state index contributed by atoms with van der Waals surface area (Å²) in [5.74, 6) is 1.38. The normalized spacial score (nSPS) is 18.7. The van der Waals surface area contributed by atoms with Crippen LogP contribution in [0.3, 0.4) is 0 Å². The van der Waals surface area contributed by atoms with Gasteiger partial charge in [-0.2, -0.15) is 11.8 Å². The molecule has 10 heteroatoms. The first-order valence-electron chi connectivity index (χ1n) is 14.3. The number of rotatable bonds is 16. The quantitative estimate of drug-likeness (QED) is 0.122. The van der Waals surface area contributed by atoms with Gasteiger partial charge in [-0.05, 0) is 72.9 Å². The molecule has 0 saturated heterocycles. The number of benzene rings is 3. The first kappa shape index (κ1) is 32.2. The van der Waals surface area contributed by atoms with Gasteiger partial charge in [0.25, 0.3) is 5.91 Å². The van der Waals surface area contributed by atoms with Gasteiger partial charge in [0, 0.05) is 30.0 Å². The van der Waals surface area contributed by atoms with E-state index in [0.717, 1.165) is 0 Å². The highest BCUT2D eigenvalue weighted by Crippen LogP contribution is 2.30. The Morgan fingerprint density at radius 2 is 1.60 bits per heavy atom. The zero-order chi connectivity index (χ0) is 30.4. The minimum absolute atomic E-state index is 0.0395. The summed E-state index contributed by atoms with van der Waals surface area (Å²) in [4.78, 5) is 37.0. The van der Waals surface area contributed by atoms with Gasteiger partial charge < -0.3 is 29.7 Å². The van der Waals surface area contributed by atoms with Crippen molar-refractivity contribution >= 4 is 35.1 Å². The van der Waals surface area contributed by atoms with Crippen LogP contribution in [-0.2, 0) is 14.3 Å². The van der Waals surface area contributed by atoms with Gasteiger partial charge in [0.05, 0.1) is 18.8 Å². The number of carbonyl (C=O) groups excluding carboxylic acids is 3. The van der Waals surface area contributed by atoms with Crippen molar-refractivity contribution in [3.63, 3.8) is 0 Å². The number of amides is 1. The Morgan fingerprint density at radius 1 is 0.907 bits per heavy atom.